The standard InChI is InChI=1S/C31H28N4O5/c1-19-28(30(37)35(34(19)3)22-10-6-5-7-11-22)33-29(36)20(2)40-31(38)25-18-27(21-14-16-23(39-4)17-15-21)32-26-13-9-8-12-24(25)26/h5-18,20H,1-4H3,(H,33,36). The Balaban J connectivity index is 1.40. The number of ether oxygens (including phenoxy) is 2. The van der Waals surface area contributed by atoms with Crippen molar-refractivity contribution in [2.45, 2.75) is 20.0 Å². The van der Waals surface area contributed by atoms with Gasteiger partial charge in [0.05, 0.1) is 35.3 Å². The first-order valence-corrected chi connectivity index (χ1v) is 12.7. The van der Waals surface area contributed by atoms with Crippen LogP contribution in [0.3, 0.4) is 0 Å². The molecule has 1 unspecified atom stereocenters. The maximum atomic E-state index is 13.4. The number of anilines is 1. The van der Waals surface area contributed by atoms with Gasteiger partial charge in [-0.3, -0.25) is 14.3 Å². The number of nitrogens with one attached hydrogen (secondary N) is 1. The Morgan fingerprint density at radius 2 is 1.62 bits per heavy atom. The number of benzene rings is 3. The summed E-state index contributed by atoms with van der Waals surface area (Å²) in [6, 6.07) is 25.3. The van der Waals surface area contributed by atoms with Crippen molar-refractivity contribution < 1.29 is 19.1 Å². The maximum Gasteiger partial charge on any atom is 0.339 e. The van der Waals surface area contributed by atoms with Crippen LogP contribution in [0.4, 0.5) is 5.69 Å². The Hall–Kier alpha value is -5.18. The van der Waals surface area contributed by atoms with Gasteiger partial charge in [-0.25, -0.2) is 14.5 Å². The lowest BCUT2D eigenvalue weighted by Gasteiger charge is -2.15. The maximum absolute atomic E-state index is 13.4. The minimum absolute atomic E-state index is 0.121. The molecular formula is C31H28N4O5. The summed E-state index contributed by atoms with van der Waals surface area (Å²) in [5, 5.41) is 3.26. The second-order valence-corrected chi connectivity index (χ2v) is 9.27. The van der Waals surface area contributed by atoms with E-state index in [9.17, 15) is 14.4 Å². The summed E-state index contributed by atoms with van der Waals surface area (Å²) in [5.74, 6) is -0.594. The van der Waals surface area contributed by atoms with Gasteiger partial charge in [-0.1, -0.05) is 36.4 Å². The van der Waals surface area contributed by atoms with Crippen LogP contribution in [-0.4, -0.2) is 39.4 Å². The van der Waals surface area contributed by atoms with Gasteiger partial charge in [0.2, 0.25) is 0 Å². The Bertz CT molecular complexity index is 1770. The summed E-state index contributed by atoms with van der Waals surface area (Å²) in [7, 11) is 3.32. The normalized spacial score (nSPS) is 11.7. The van der Waals surface area contributed by atoms with E-state index < -0.39 is 18.0 Å². The topological polar surface area (TPSA) is 104 Å². The monoisotopic (exact) mass is 536 g/mol. The first-order chi connectivity index (χ1) is 19.3. The number of pyridine rings is 1. The molecule has 0 saturated heterocycles. The zero-order chi connectivity index (χ0) is 28.4. The summed E-state index contributed by atoms with van der Waals surface area (Å²) < 4.78 is 14.0. The van der Waals surface area contributed by atoms with Crippen LogP contribution in [0.5, 0.6) is 5.75 Å². The molecule has 9 heteroatoms. The number of carbonyl (C=O) groups is 2. The second-order valence-electron chi connectivity index (χ2n) is 9.27. The van der Waals surface area contributed by atoms with E-state index in [1.54, 1.807) is 56.1 Å². The molecule has 0 bridgehead atoms. The SMILES string of the molecule is COc1ccc(-c2cc(C(=O)OC(C)C(=O)Nc3c(C)n(C)n(-c4ccccc4)c3=O)c3ccccc3n2)cc1. The van der Waals surface area contributed by atoms with Crippen molar-refractivity contribution in [1.29, 1.82) is 0 Å². The largest absolute Gasteiger partial charge is 0.497 e. The van der Waals surface area contributed by atoms with Gasteiger partial charge in [-0.2, -0.15) is 0 Å². The lowest BCUT2D eigenvalue weighted by atomic mass is 10.0. The summed E-state index contributed by atoms with van der Waals surface area (Å²) in [4.78, 5) is 44.3. The number of fused-ring (bicyclic) bond motifs is 1. The van der Waals surface area contributed by atoms with E-state index in [1.165, 1.54) is 11.6 Å². The lowest BCUT2D eigenvalue weighted by Crippen LogP contribution is -2.32. The Morgan fingerprint density at radius 3 is 2.33 bits per heavy atom. The van der Waals surface area contributed by atoms with Crippen molar-refractivity contribution in [2.24, 2.45) is 7.05 Å². The molecule has 9 nitrogen and oxygen atoms in total. The fourth-order valence-electron chi connectivity index (χ4n) is 4.47. The van der Waals surface area contributed by atoms with Crippen LogP contribution in [0.1, 0.15) is 23.0 Å². The molecule has 0 aliphatic carbocycles. The molecule has 3 aromatic carbocycles. The first kappa shape index (κ1) is 26.4. The molecular weight excluding hydrogens is 508 g/mol. The van der Waals surface area contributed by atoms with E-state index in [1.807, 2.05) is 54.6 Å². The van der Waals surface area contributed by atoms with Crippen molar-refractivity contribution in [3.63, 3.8) is 0 Å². The van der Waals surface area contributed by atoms with Crippen molar-refractivity contribution in [3.8, 4) is 22.7 Å². The number of hydrogen-bond acceptors (Lipinski definition) is 6. The Kier molecular flexibility index (Phi) is 7.20. The molecule has 5 aromatic rings. The summed E-state index contributed by atoms with van der Waals surface area (Å²) in [6.45, 7) is 3.20. The van der Waals surface area contributed by atoms with Crippen LogP contribution < -0.4 is 15.6 Å². The smallest absolute Gasteiger partial charge is 0.339 e. The number of nitrogens with zero attached hydrogens (tertiary/aromatic N) is 3. The van der Waals surface area contributed by atoms with Crippen molar-refractivity contribution in [3.05, 3.63) is 107 Å². The highest BCUT2D eigenvalue weighted by Crippen LogP contribution is 2.27. The number of aromatic nitrogens is 3. The Morgan fingerprint density at radius 1 is 0.950 bits per heavy atom. The molecule has 0 saturated carbocycles. The third-order valence-corrected chi connectivity index (χ3v) is 6.78. The minimum Gasteiger partial charge on any atom is -0.497 e. The lowest BCUT2D eigenvalue weighted by molar-refractivity contribution is -0.123. The number of carbonyl (C=O) groups excluding carboxylic acids is 2. The molecule has 2 aromatic heterocycles. The molecule has 40 heavy (non-hydrogen) atoms. The Labute approximate surface area is 230 Å². The zero-order valence-electron chi connectivity index (χ0n) is 22.5. The van der Waals surface area contributed by atoms with Gasteiger partial charge in [0.25, 0.3) is 11.5 Å². The van der Waals surface area contributed by atoms with Crippen molar-refractivity contribution in [2.75, 3.05) is 12.4 Å². The predicted octanol–water partition coefficient (Wildman–Crippen LogP) is 4.89. The van der Waals surface area contributed by atoms with Crippen LogP contribution in [0, 0.1) is 6.92 Å². The molecule has 2 heterocycles. The molecule has 0 radical (unpaired) electrons. The molecule has 1 atom stereocenters. The molecule has 1 amide bonds. The number of hydrogen-bond donors (Lipinski definition) is 1. The van der Waals surface area contributed by atoms with Gasteiger partial charge in [0.1, 0.15) is 11.4 Å². The number of methoxy groups -OCH3 is 1. The van der Waals surface area contributed by atoms with E-state index >= 15 is 0 Å². The highest BCUT2D eigenvalue weighted by molar-refractivity contribution is 6.06. The third-order valence-electron chi connectivity index (χ3n) is 6.78. The van der Waals surface area contributed by atoms with E-state index in [0.717, 1.165) is 5.56 Å². The van der Waals surface area contributed by atoms with E-state index in [-0.39, 0.29) is 16.8 Å². The van der Waals surface area contributed by atoms with Gasteiger partial charge >= 0.3 is 5.97 Å². The average molecular weight is 537 g/mol. The number of esters is 1. The summed E-state index contributed by atoms with van der Waals surface area (Å²) in [6.07, 6.45) is -1.17. The predicted molar refractivity (Wildman–Crippen MR) is 153 cm³/mol. The summed E-state index contributed by atoms with van der Waals surface area (Å²) in [5.41, 5.74) is 3.21. The van der Waals surface area contributed by atoms with Crippen molar-refractivity contribution >= 4 is 28.5 Å². The number of para-hydroxylation sites is 2. The van der Waals surface area contributed by atoms with E-state index in [2.05, 4.69) is 5.32 Å². The molecule has 0 spiro atoms. The van der Waals surface area contributed by atoms with Crippen LogP contribution in [0.25, 0.3) is 27.8 Å². The van der Waals surface area contributed by atoms with Crippen LogP contribution in [-0.2, 0) is 16.6 Å². The van der Waals surface area contributed by atoms with Gasteiger partial charge < -0.3 is 14.8 Å². The molecule has 0 aliphatic heterocycles. The zero-order valence-corrected chi connectivity index (χ0v) is 22.5. The second kappa shape index (κ2) is 10.9. The van der Waals surface area contributed by atoms with Gasteiger partial charge in [0.15, 0.2) is 6.10 Å². The highest BCUT2D eigenvalue weighted by atomic mass is 16.5. The minimum atomic E-state index is -1.17. The first-order valence-electron chi connectivity index (χ1n) is 12.7. The summed E-state index contributed by atoms with van der Waals surface area (Å²) >= 11 is 0. The van der Waals surface area contributed by atoms with Crippen LogP contribution in [0.15, 0.2) is 89.7 Å². The number of amides is 1. The van der Waals surface area contributed by atoms with Crippen LogP contribution >= 0.6 is 0 Å². The van der Waals surface area contributed by atoms with Crippen LogP contribution in [0.2, 0.25) is 0 Å². The third kappa shape index (κ3) is 4.96. The number of rotatable bonds is 7. The molecule has 202 valence electrons. The molecule has 1 N–H and O–H groups in total. The fraction of sp³-hybridized carbons (Fsp3) is 0.161. The molecule has 0 fully saturated rings. The fourth-order valence-corrected chi connectivity index (χ4v) is 4.47. The van der Waals surface area contributed by atoms with Gasteiger partial charge in [-0.15, -0.1) is 0 Å². The van der Waals surface area contributed by atoms with Gasteiger partial charge in [0, 0.05) is 18.0 Å². The highest BCUT2D eigenvalue weighted by Gasteiger charge is 2.25. The molecule has 5 rings (SSSR count). The quantitative estimate of drug-likeness (QED) is 0.297. The van der Waals surface area contributed by atoms with Crippen molar-refractivity contribution in [1.82, 2.24) is 14.3 Å². The van der Waals surface area contributed by atoms with E-state index in [0.29, 0.717) is 33.7 Å². The van der Waals surface area contributed by atoms with E-state index in [4.69, 9.17) is 14.5 Å². The average Bonchev–Trinajstić information content (AvgIpc) is 3.19. The van der Waals surface area contributed by atoms with Gasteiger partial charge in [-0.05, 0) is 62.4 Å². The molecule has 0 aliphatic rings.